The summed E-state index contributed by atoms with van der Waals surface area (Å²) in [5, 5.41) is 3.22. The second kappa shape index (κ2) is 7.73. The first-order valence-corrected chi connectivity index (χ1v) is 5.84. The van der Waals surface area contributed by atoms with Crippen molar-refractivity contribution in [1.29, 1.82) is 0 Å². The van der Waals surface area contributed by atoms with E-state index in [2.05, 4.69) is 10.3 Å². The number of carbonyl (C=O) groups excluding carboxylic acids is 1. The molecule has 1 aromatic heterocycles. The lowest BCUT2D eigenvalue weighted by atomic mass is 10.1. The summed E-state index contributed by atoms with van der Waals surface area (Å²) in [5.74, 6) is -0.833. The Labute approximate surface area is 106 Å². The minimum absolute atomic E-state index is 0.0442. The Hall–Kier alpha value is -1.53. The Morgan fingerprint density at radius 3 is 2.94 bits per heavy atom. The number of nitrogens with one attached hydrogen (secondary N) is 1. The van der Waals surface area contributed by atoms with E-state index in [9.17, 15) is 9.18 Å². The number of rotatable bonds is 8. The van der Waals surface area contributed by atoms with Gasteiger partial charge in [0.1, 0.15) is 12.4 Å². The van der Waals surface area contributed by atoms with Crippen molar-refractivity contribution >= 4 is 5.91 Å². The van der Waals surface area contributed by atoms with Crippen molar-refractivity contribution in [2.45, 2.75) is 19.4 Å². The molecule has 6 heteroatoms. The predicted molar refractivity (Wildman–Crippen MR) is 65.2 cm³/mol. The highest BCUT2D eigenvalue weighted by Gasteiger charge is 2.09. The summed E-state index contributed by atoms with van der Waals surface area (Å²) in [6.45, 7) is 2.89. The number of pyridine rings is 1. The van der Waals surface area contributed by atoms with Crippen LogP contribution < -0.4 is 11.1 Å². The molecule has 1 unspecified atom stereocenters. The molecular formula is C12H18FN3O2. The van der Waals surface area contributed by atoms with Gasteiger partial charge in [-0.05, 0) is 18.6 Å². The van der Waals surface area contributed by atoms with Crippen molar-refractivity contribution in [3.63, 3.8) is 0 Å². The van der Waals surface area contributed by atoms with Crippen LogP contribution in [-0.4, -0.2) is 30.6 Å². The maximum absolute atomic E-state index is 12.7. The van der Waals surface area contributed by atoms with Crippen molar-refractivity contribution < 1.29 is 13.9 Å². The zero-order valence-electron chi connectivity index (χ0n) is 10.4. The van der Waals surface area contributed by atoms with Gasteiger partial charge in [-0.3, -0.25) is 9.78 Å². The van der Waals surface area contributed by atoms with E-state index in [1.807, 2.05) is 6.92 Å². The normalized spacial score (nSPS) is 12.3. The minimum Gasteiger partial charge on any atom is -0.370 e. The Morgan fingerprint density at radius 2 is 2.39 bits per heavy atom. The molecule has 1 heterocycles. The molecule has 0 aliphatic carbocycles. The van der Waals surface area contributed by atoms with E-state index in [4.69, 9.17) is 10.5 Å². The zero-order valence-corrected chi connectivity index (χ0v) is 10.4. The SMILES string of the molecule is CCC(NCCOCC(N)=O)c1ccc(F)cn1. The molecule has 0 aliphatic heterocycles. The lowest BCUT2D eigenvalue weighted by Gasteiger charge is -2.16. The first kappa shape index (κ1) is 14.5. The zero-order chi connectivity index (χ0) is 13.4. The van der Waals surface area contributed by atoms with Gasteiger partial charge in [-0.1, -0.05) is 6.92 Å². The number of aromatic nitrogens is 1. The molecule has 100 valence electrons. The number of carbonyl (C=O) groups is 1. The lowest BCUT2D eigenvalue weighted by Crippen LogP contribution is -2.27. The van der Waals surface area contributed by atoms with Gasteiger partial charge in [-0.15, -0.1) is 0 Å². The molecule has 0 bridgehead atoms. The first-order valence-electron chi connectivity index (χ1n) is 5.84. The Balaban J connectivity index is 2.33. The number of nitrogens with two attached hydrogens (primary N) is 1. The molecule has 0 aliphatic rings. The van der Waals surface area contributed by atoms with Gasteiger partial charge in [0.2, 0.25) is 5.91 Å². The number of nitrogens with zero attached hydrogens (tertiary/aromatic N) is 1. The number of primary amides is 1. The second-order valence-electron chi connectivity index (χ2n) is 3.84. The smallest absolute Gasteiger partial charge is 0.243 e. The molecular weight excluding hydrogens is 237 g/mol. The highest BCUT2D eigenvalue weighted by molar-refractivity contribution is 5.74. The van der Waals surface area contributed by atoms with Gasteiger partial charge >= 0.3 is 0 Å². The van der Waals surface area contributed by atoms with E-state index in [0.29, 0.717) is 13.2 Å². The molecule has 0 saturated heterocycles. The van der Waals surface area contributed by atoms with E-state index in [1.165, 1.54) is 12.3 Å². The average molecular weight is 255 g/mol. The fourth-order valence-electron chi connectivity index (χ4n) is 1.53. The van der Waals surface area contributed by atoms with Crippen LogP contribution in [0.3, 0.4) is 0 Å². The van der Waals surface area contributed by atoms with E-state index in [-0.39, 0.29) is 18.5 Å². The largest absolute Gasteiger partial charge is 0.370 e. The molecule has 0 radical (unpaired) electrons. The lowest BCUT2D eigenvalue weighted by molar-refractivity contribution is -0.122. The molecule has 0 aromatic carbocycles. The van der Waals surface area contributed by atoms with Crippen LogP contribution in [0, 0.1) is 5.82 Å². The summed E-state index contributed by atoms with van der Waals surface area (Å²) >= 11 is 0. The van der Waals surface area contributed by atoms with Crippen molar-refractivity contribution in [2.24, 2.45) is 5.73 Å². The van der Waals surface area contributed by atoms with E-state index in [1.54, 1.807) is 6.07 Å². The molecule has 1 rings (SSSR count). The van der Waals surface area contributed by atoms with Crippen molar-refractivity contribution in [3.05, 3.63) is 29.8 Å². The molecule has 0 spiro atoms. The quantitative estimate of drug-likeness (QED) is 0.672. The molecule has 1 atom stereocenters. The third-order valence-electron chi connectivity index (χ3n) is 2.40. The summed E-state index contributed by atoms with van der Waals surface area (Å²) in [5.41, 5.74) is 5.72. The third kappa shape index (κ3) is 5.20. The number of hydrogen-bond donors (Lipinski definition) is 2. The summed E-state index contributed by atoms with van der Waals surface area (Å²) in [6.07, 6.45) is 2.03. The van der Waals surface area contributed by atoms with E-state index >= 15 is 0 Å². The van der Waals surface area contributed by atoms with Gasteiger partial charge in [0, 0.05) is 12.6 Å². The summed E-state index contributed by atoms with van der Waals surface area (Å²) in [6, 6.07) is 3.08. The summed E-state index contributed by atoms with van der Waals surface area (Å²) < 4.78 is 17.8. The number of halogens is 1. The number of amides is 1. The van der Waals surface area contributed by atoms with E-state index in [0.717, 1.165) is 12.1 Å². The van der Waals surface area contributed by atoms with Gasteiger partial charge < -0.3 is 15.8 Å². The van der Waals surface area contributed by atoms with Gasteiger partial charge in [0.25, 0.3) is 0 Å². The molecule has 3 N–H and O–H groups in total. The van der Waals surface area contributed by atoms with Crippen LogP contribution in [0.1, 0.15) is 25.1 Å². The molecule has 18 heavy (non-hydrogen) atoms. The van der Waals surface area contributed by atoms with Crippen molar-refractivity contribution in [1.82, 2.24) is 10.3 Å². The fourth-order valence-corrected chi connectivity index (χ4v) is 1.53. The molecule has 0 fully saturated rings. The maximum atomic E-state index is 12.7. The second-order valence-corrected chi connectivity index (χ2v) is 3.84. The standard InChI is InChI=1S/C12H18FN3O2/c1-2-10(11-4-3-9(13)7-16-11)15-5-6-18-8-12(14)17/h3-4,7,10,15H,2,5-6,8H2,1H3,(H2,14,17). The van der Waals surface area contributed by atoms with Crippen molar-refractivity contribution in [3.8, 4) is 0 Å². The highest BCUT2D eigenvalue weighted by Crippen LogP contribution is 2.13. The van der Waals surface area contributed by atoms with Crippen LogP contribution in [0.5, 0.6) is 0 Å². The minimum atomic E-state index is -0.484. The molecule has 1 amide bonds. The van der Waals surface area contributed by atoms with Crippen LogP contribution in [0.25, 0.3) is 0 Å². The maximum Gasteiger partial charge on any atom is 0.243 e. The van der Waals surface area contributed by atoms with Gasteiger partial charge in [0.15, 0.2) is 0 Å². The number of hydrogen-bond acceptors (Lipinski definition) is 4. The number of ether oxygens (including phenoxy) is 1. The van der Waals surface area contributed by atoms with Crippen LogP contribution in [0.15, 0.2) is 18.3 Å². The first-order chi connectivity index (χ1) is 8.63. The fraction of sp³-hybridized carbons (Fsp3) is 0.500. The topological polar surface area (TPSA) is 77.2 Å². The van der Waals surface area contributed by atoms with Gasteiger partial charge in [0.05, 0.1) is 18.5 Å². The van der Waals surface area contributed by atoms with Crippen LogP contribution in [0.2, 0.25) is 0 Å². The average Bonchev–Trinajstić information content (AvgIpc) is 2.35. The Kier molecular flexibility index (Phi) is 6.24. The summed E-state index contributed by atoms with van der Waals surface area (Å²) in [7, 11) is 0. The van der Waals surface area contributed by atoms with Crippen LogP contribution >= 0.6 is 0 Å². The third-order valence-corrected chi connectivity index (χ3v) is 2.40. The van der Waals surface area contributed by atoms with Gasteiger partial charge in [-0.2, -0.15) is 0 Å². The molecule has 1 aromatic rings. The van der Waals surface area contributed by atoms with E-state index < -0.39 is 5.91 Å². The van der Waals surface area contributed by atoms with Crippen LogP contribution in [-0.2, 0) is 9.53 Å². The molecule has 5 nitrogen and oxygen atoms in total. The summed E-state index contributed by atoms with van der Waals surface area (Å²) in [4.78, 5) is 14.5. The Morgan fingerprint density at radius 1 is 1.61 bits per heavy atom. The van der Waals surface area contributed by atoms with Gasteiger partial charge in [-0.25, -0.2) is 4.39 Å². The molecule has 0 saturated carbocycles. The highest BCUT2D eigenvalue weighted by atomic mass is 19.1. The monoisotopic (exact) mass is 255 g/mol. The Bertz CT molecular complexity index is 370. The van der Waals surface area contributed by atoms with Crippen molar-refractivity contribution in [2.75, 3.05) is 19.8 Å². The predicted octanol–water partition coefficient (Wildman–Crippen LogP) is 0.763. The van der Waals surface area contributed by atoms with Crippen LogP contribution in [0.4, 0.5) is 4.39 Å².